The number of H-pyrrole nitrogens is 1. The number of nitrogens with zero attached hydrogens (tertiary/aromatic N) is 2. The van der Waals surface area contributed by atoms with Crippen molar-refractivity contribution in [1.82, 2.24) is 15.0 Å². The molecular weight excluding hydrogens is 494 g/mol. The van der Waals surface area contributed by atoms with Crippen LogP contribution in [0.25, 0.3) is 33.5 Å². The summed E-state index contributed by atoms with van der Waals surface area (Å²) in [6.45, 7) is 2.93. The molecule has 0 radical (unpaired) electrons. The van der Waals surface area contributed by atoms with Crippen LogP contribution in [-0.4, -0.2) is 59.1 Å². The van der Waals surface area contributed by atoms with Crippen molar-refractivity contribution in [3.8, 4) is 28.4 Å². The van der Waals surface area contributed by atoms with Crippen molar-refractivity contribution >= 4 is 28.7 Å². The SMILES string of the molecule is CCOC(=O)CC1CO[C@H]2[C@@H]1OC[C@H]2Oc1nc2nc(-c3ccc(-c4ccccc4)cc3)c(Cl)cc2[nH]1. The maximum atomic E-state index is 11.9. The fourth-order valence-corrected chi connectivity index (χ4v) is 5.26. The molecule has 0 spiro atoms. The van der Waals surface area contributed by atoms with Gasteiger partial charge in [-0.3, -0.25) is 4.79 Å². The molecule has 2 aromatic heterocycles. The van der Waals surface area contributed by atoms with Gasteiger partial charge in [0, 0.05) is 11.5 Å². The Hall–Kier alpha value is -3.46. The van der Waals surface area contributed by atoms with Gasteiger partial charge in [-0.1, -0.05) is 66.2 Å². The third-order valence-corrected chi connectivity index (χ3v) is 7.07. The molecule has 4 aromatic rings. The highest BCUT2D eigenvalue weighted by Crippen LogP contribution is 2.36. The van der Waals surface area contributed by atoms with Gasteiger partial charge in [-0.2, -0.15) is 4.98 Å². The molecule has 2 aliphatic heterocycles. The second-order valence-electron chi connectivity index (χ2n) is 9.20. The van der Waals surface area contributed by atoms with Gasteiger partial charge in [-0.05, 0) is 24.1 Å². The molecule has 2 fully saturated rings. The lowest BCUT2D eigenvalue weighted by Crippen LogP contribution is -2.34. The standard InChI is InChI=1S/C28H26ClN3O5/c1-2-34-23(33)12-19-14-35-26-22(15-36-25(19)26)37-28-30-21-13-20(29)24(31-27(21)32-28)18-10-8-17(9-11-18)16-6-4-3-5-7-16/h3-11,13,19,22,25-26H,2,12,14-15H2,1H3,(H,30,31,32)/t19?,22-,25-,26-/m1/s1. The Balaban J connectivity index is 1.17. The molecule has 1 unspecified atom stereocenters. The number of ether oxygens (including phenoxy) is 4. The summed E-state index contributed by atoms with van der Waals surface area (Å²) in [4.78, 5) is 24.3. The number of benzene rings is 2. The normalized spacial score (nSPS) is 22.8. The van der Waals surface area contributed by atoms with Crippen LogP contribution in [0.2, 0.25) is 5.02 Å². The number of carbonyl (C=O) groups is 1. The summed E-state index contributed by atoms with van der Waals surface area (Å²) in [7, 11) is 0. The highest BCUT2D eigenvalue weighted by atomic mass is 35.5. The van der Waals surface area contributed by atoms with Gasteiger partial charge in [-0.25, -0.2) is 4.98 Å². The molecule has 8 nitrogen and oxygen atoms in total. The third-order valence-electron chi connectivity index (χ3n) is 6.78. The van der Waals surface area contributed by atoms with E-state index in [2.05, 4.69) is 34.2 Å². The summed E-state index contributed by atoms with van der Waals surface area (Å²) >= 11 is 6.60. The quantitative estimate of drug-likeness (QED) is 0.341. The number of fused-ring (bicyclic) bond motifs is 2. The zero-order valence-corrected chi connectivity index (χ0v) is 21.0. The van der Waals surface area contributed by atoms with E-state index in [1.165, 1.54) is 0 Å². The van der Waals surface area contributed by atoms with E-state index >= 15 is 0 Å². The number of esters is 1. The summed E-state index contributed by atoms with van der Waals surface area (Å²) in [6, 6.07) is 20.4. The van der Waals surface area contributed by atoms with Gasteiger partial charge in [0.25, 0.3) is 6.01 Å². The number of carbonyl (C=O) groups excluding carboxylic acids is 1. The number of aromatic nitrogens is 3. The van der Waals surface area contributed by atoms with Crippen LogP contribution in [-0.2, 0) is 19.0 Å². The van der Waals surface area contributed by atoms with Gasteiger partial charge in [0.05, 0.1) is 48.6 Å². The van der Waals surface area contributed by atoms with E-state index in [-0.39, 0.29) is 36.6 Å². The number of rotatable bonds is 7. The predicted octanol–water partition coefficient (Wildman–Crippen LogP) is 5.06. The third kappa shape index (κ3) is 4.80. The molecule has 4 heterocycles. The molecule has 9 heteroatoms. The van der Waals surface area contributed by atoms with Crippen LogP contribution in [0.15, 0.2) is 60.7 Å². The van der Waals surface area contributed by atoms with Crippen molar-refractivity contribution in [3.05, 3.63) is 65.7 Å². The predicted molar refractivity (Wildman–Crippen MR) is 138 cm³/mol. The van der Waals surface area contributed by atoms with Crippen molar-refractivity contribution in [2.75, 3.05) is 19.8 Å². The van der Waals surface area contributed by atoms with Crippen LogP contribution in [0.1, 0.15) is 13.3 Å². The fourth-order valence-electron chi connectivity index (χ4n) is 5.00. The van der Waals surface area contributed by atoms with Crippen molar-refractivity contribution < 1.29 is 23.7 Å². The molecule has 0 aliphatic carbocycles. The molecule has 4 atom stereocenters. The first-order valence-electron chi connectivity index (χ1n) is 12.4. The minimum Gasteiger partial charge on any atom is -0.466 e. The van der Waals surface area contributed by atoms with Gasteiger partial charge >= 0.3 is 5.97 Å². The fraction of sp³-hybridized carbons (Fsp3) is 0.321. The zero-order chi connectivity index (χ0) is 25.4. The molecule has 2 aromatic carbocycles. The van der Waals surface area contributed by atoms with Crippen LogP contribution >= 0.6 is 11.6 Å². The molecule has 0 saturated carbocycles. The van der Waals surface area contributed by atoms with E-state index < -0.39 is 0 Å². The number of hydrogen-bond donors (Lipinski definition) is 1. The second kappa shape index (κ2) is 10.1. The van der Waals surface area contributed by atoms with Gasteiger partial charge in [0.15, 0.2) is 11.8 Å². The molecule has 0 bridgehead atoms. The Kier molecular flexibility index (Phi) is 6.54. The van der Waals surface area contributed by atoms with Gasteiger partial charge < -0.3 is 23.9 Å². The molecule has 2 saturated heterocycles. The van der Waals surface area contributed by atoms with E-state index in [9.17, 15) is 4.79 Å². The summed E-state index contributed by atoms with van der Waals surface area (Å²) in [5, 5.41) is 0.514. The molecular formula is C28H26ClN3O5. The van der Waals surface area contributed by atoms with Gasteiger partial charge in [-0.15, -0.1) is 0 Å². The molecule has 6 rings (SSSR count). The topological polar surface area (TPSA) is 95.6 Å². The van der Waals surface area contributed by atoms with E-state index in [4.69, 9.17) is 35.5 Å². The lowest BCUT2D eigenvalue weighted by molar-refractivity contribution is -0.145. The summed E-state index contributed by atoms with van der Waals surface area (Å²) in [5.41, 5.74) is 4.99. The largest absolute Gasteiger partial charge is 0.466 e. The first-order chi connectivity index (χ1) is 18.1. The second-order valence-corrected chi connectivity index (χ2v) is 9.60. The first-order valence-corrected chi connectivity index (χ1v) is 12.7. The van der Waals surface area contributed by atoms with Crippen LogP contribution in [0.3, 0.4) is 0 Å². The smallest absolute Gasteiger partial charge is 0.306 e. The summed E-state index contributed by atoms with van der Waals surface area (Å²) in [5.74, 6) is -0.292. The maximum absolute atomic E-state index is 11.9. The first kappa shape index (κ1) is 23.9. The number of pyridine rings is 1. The van der Waals surface area contributed by atoms with Crippen molar-refractivity contribution in [3.63, 3.8) is 0 Å². The Labute approximate surface area is 218 Å². The minimum absolute atomic E-state index is 0.0513. The van der Waals surface area contributed by atoms with Gasteiger partial charge in [0.1, 0.15) is 6.10 Å². The highest BCUT2D eigenvalue weighted by Gasteiger charge is 2.49. The van der Waals surface area contributed by atoms with Crippen molar-refractivity contribution in [2.45, 2.75) is 31.7 Å². The molecule has 190 valence electrons. The van der Waals surface area contributed by atoms with Crippen molar-refractivity contribution in [2.24, 2.45) is 5.92 Å². The van der Waals surface area contributed by atoms with Crippen LogP contribution < -0.4 is 4.74 Å². The zero-order valence-electron chi connectivity index (χ0n) is 20.2. The lowest BCUT2D eigenvalue weighted by atomic mass is 9.98. The number of imidazole rings is 1. The van der Waals surface area contributed by atoms with Crippen LogP contribution in [0.4, 0.5) is 0 Å². The molecule has 1 N–H and O–H groups in total. The molecule has 2 aliphatic rings. The number of halogens is 1. The Morgan fingerprint density at radius 1 is 1.00 bits per heavy atom. The minimum atomic E-state index is -0.349. The van der Waals surface area contributed by atoms with Crippen LogP contribution in [0, 0.1) is 5.92 Å². The van der Waals surface area contributed by atoms with E-state index in [0.29, 0.717) is 47.7 Å². The number of aromatic amines is 1. The summed E-state index contributed by atoms with van der Waals surface area (Å²) in [6.07, 6.45) is -0.568. The van der Waals surface area contributed by atoms with Gasteiger partial charge in [0.2, 0.25) is 0 Å². The Bertz CT molecular complexity index is 1410. The summed E-state index contributed by atoms with van der Waals surface area (Å²) < 4.78 is 23.0. The van der Waals surface area contributed by atoms with Crippen LogP contribution in [0.5, 0.6) is 6.01 Å². The average molecular weight is 520 g/mol. The number of nitrogens with one attached hydrogen (secondary N) is 1. The average Bonchev–Trinajstić information content (AvgIpc) is 3.61. The lowest BCUT2D eigenvalue weighted by Gasteiger charge is -2.16. The van der Waals surface area contributed by atoms with Crippen molar-refractivity contribution in [1.29, 1.82) is 0 Å². The van der Waals surface area contributed by atoms with E-state index in [1.54, 1.807) is 13.0 Å². The highest BCUT2D eigenvalue weighted by molar-refractivity contribution is 6.33. The van der Waals surface area contributed by atoms with E-state index in [0.717, 1.165) is 16.7 Å². The number of hydrogen-bond acceptors (Lipinski definition) is 7. The maximum Gasteiger partial charge on any atom is 0.306 e. The van der Waals surface area contributed by atoms with E-state index in [1.807, 2.05) is 30.3 Å². The molecule has 0 amide bonds. The Morgan fingerprint density at radius 2 is 1.73 bits per heavy atom. The monoisotopic (exact) mass is 519 g/mol. The molecule has 37 heavy (non-hydrogen) atoms. The Morgan fingerprint density at radius 3 is 2.51 bits per heavy atom.